The number of halogens is 3. The molecule has 0 spiro atoms. The summed E-state index contributed by atoms with van der Waals surface area (Å²) in [5.74, 6) is -0.481. The van der Waals surface area contributed by atoms with Gasteiger partial charge in [-0.05, 0) is 36.4 Å². The van der Waals surface area contributed by atoms with Crippen LogP contribution in [0.15, 0.2) is 36.4 Å². The Hall–Kier alpha value is -1.42. The predicted octanol–water partition coefficient (Wildman–Crippen LogP) is 4.60. The summed E-state index contributed by atoms with van der Waals surface area (Å²) in [5, 5.41) is 12.9. The fourth-order valence-corrected chi connectivity index (χ4v) is 1.95. The smallest absolute Gasteiger partial charge is 0.255 e. The quantitative estimate of drug-likeness (QED) is 0.850. The molecule has 0 aliphatic heterocycles. The van der Waals surface area contributed by atoms with E-state index in [0.29, 0.717) is 21.3 Å². The Morgan fingerprint density at radius 2 is 1.74 bits per heavy atom. The van der Waals surface area contributed by atoms with Gasteiger partial charge in [0.25, 0.3) is 5.91 Å². The van der Waals surface area contributed by atoms with Gasteiger partial charge in [0.2, 0.25) is 0 Å². The number of phenols is 1. The monoisotopic (exact) mass is 315 g/mol. The van der Waals surface area contributed by atoms with Crippen LogP contribution in [-0.4, -0.2) is 11.0 Å². The lowest BCUT2D eigenvalue weighted by molar-refractivity contribution is 0.102. The number of hydrogen-bond acceptors (Lipinski definition) is 2. The maximum Gasteiger partial charge on any atom is 0.255 e. The molecule has 6 heteroatoms. The molecule has 0 aromatic heterocycles. The third-order valence-electron chi connectivity index (χ3n) is 2.39. The third-order valence-corrected chi connectivity index (χ3v) is 3.25. The molecular weight excluding hydrogens is 309 g/mol. The molecule has 2 aromatic rings. The summed E-state index contributed by atoms with van der Waals surface area (Å²) < 4.78 is 0. The highest BCUT2D eigenvalue weighted by atomic mass is 35.5. The minimum atomic E-state index is -0.397. The first-order valence-electron chi connectivity index (χ1n) is 5.22. The standard InChI is InChI=1S/C13H8Cl3NO2/c14-8-2-3-9(15)11(6-8)17-13(19)7-1-4-12(18)10(16)5-7/h1-6,18H,(H,17,19). The molecule has 0 unspecified atom stereocenters. The highest BCUT2D eigenvalue weighted by molar-refractivity contribution is 6.36. The van der Waals surface area contributed by atoms with Crippen molar-refractivity contribution in [2.45, 2.75) is 0 Å². The number of rotatable bonds is 2. The number of amides is 1. The molecule has 0 saturated heterocycles. The Labute approximate surface area is 124 Å². The van der Waals surface area contributed by atoms with Crippen LogP contribution in [0.3, 0.4) is 0 Å². The van der Waals surface area contributed by atoms with Crippen LogP contribution < -0.4 is 5.32 Å². The Bertz CT molecular complexity index is 644. The molecule has 0 fully saturated rings. The summed E-state index contributed by atoms with van der Waals surface area (Å²) in [5.41, 5.74) is 0.710. The van der Waals surface area contributed by atoms with Crippen molar-refractivity contribution < 1.29 is 9.90 Å². The van der Waals surface area contributed by atoms with E-state index >= 15 is 0 Å². The molecule has 19 heavy (non-hydrogen) atoms. The molecule has 0 aliphatic carbocycles. The van der Waals surface area contributed by atoms with Crippen molar-refractivity contribution in [1.29, 1.82) is 0 Å². The first-order valence-corrected chi connectivity index (χ1v) is 6.35. The SMILES string of the molecule is O=C(Nc1cc(Cl)ccc1Cl)c1ccc(O)c(Cl)c1. The number of phenolic OH excluding ortho intramolecular Hbond substituents is 1. The molecular formula is C13H8Cl3NO2. The van der Waals surface area contributed by atoms with Crippen molar-refractivity contribution in [3.05, 3.63) is 57.0 Å². The van der Waals surface area contributed by atoms with E-state index in [2.05, 4.69) is 5.32 Å². The van der Waals surface area contributed by atoms with Crippen molar-refractivity contribution in [1.82, 2.24) is 0 Å². The van der Waals surface area contributed by atoms with Gasteiger partial charge in [0, 0.05) is 10.6 Å². The molecule has 2 rings (SSSR count). The lowest BCUT2D eigenvalue weighted by Crippen LogP contribution is -2.12. The zero-order valence-corrected chi connectivity index (χ0v) is 11.7. The Morgan fingerprint density at radius 3 is 2.42 bits per heavy atom. The summed E-state index contributed by atoms with van der Waals surface area (Å²) in [6, 6.07) is 8.92. The van der Waals surface area contributed by atoms with E-state index in [1.165, 1.54) is 18.2 Å². The molecule has 0 heterocycles. The van der Waals surface area contributed by atoms with E-state index in [0.717, 1.165) is 0 Å². The fraction of sp³-hybridized carbons (Fsp3) is 0. The van der Waals surface area contributed by atoms with E-state index in [-0.39, 0.29) is 10.8 Å². The minimum absolute atomic E-state index is 0.0843. The Morgan fingerprint density at radius 1 is 1.00 bits per heavy atom. The first-order chi connectivity index (χ1) is 8.97. The maximum atomic E-state index is 12.0. The van der Waals surface area contributed by atoms with Gasteiger partial charge in [-0.2, -0.15) is 0 Å². The normalized spacial score (nSPS) is 10.3. The number of nitrogens with one attached hydrogen (secondary N) is 1. The van der Waals surface area contributed by atoms with Gasteiger partial charge in [-0.1, -0.05) is 34.8 Å². The molecule has 2 N–H and O–H groups in total. The maximum absolute atomic E-state index is 12.0. The average molecular weight is 317 g/mol. The molecule has 0 aliphatic rings. The van der Waals surface area contributed by atoms with Crippen LogP contribution in [0.2, 0.25) is 15.1 Å². The molecule has 2 aromatic carbocycles. The molecule has 0 saturated carbocycles. The third kappa shape index (κ3) is 3.32. The van der Waals surface area contributed by atoms with Gasteiger partial charge in [0.05, 0.1) is 15.7 Å². The van der Waals surface area contributed by atoms with Crippen molar-refractivity contribution >= 4 is 46.4 Å². The van der Waals surface area contributed by atoms with Crippen molar-refractivity contribution in [3.8, 4) is 5.75 Å². The van der Waals surface area contributed by atoms with Crippen LogP contribution in [0.4, 0.5) is 5.69 Å². The lowest BCUT2D eigenvalue weighted by Gasteiger charge is -2.08. The number of aromatic hydroxyl groups is 1. The number of hydrogen-bond donors (Lipinski definition) is 2. The predicted molar refractivity (Wildman–Crippen MR) is 77.5 cm³/mol. The molecule has 1 amide bonds. The highest BCUT2D eigenvalue weighted by Crippen LogP contribution is 2.27. The second kappa shape index (κ2) is 5.70. The van der Waals surface area contributed by atoms with E-state index in [4.69, 9.17) is 34.8 Å². The van der Waals surface area contributed by atoms with Gasteiger partial charge in [-0.3, -0.25) is 4.79 Å². The van der Waals surface area contributed by atoms with Crippen molar-refractivity contribution in [2.75, 3.05) is 5.32 Å². The fourth-order valence-electron chi connectivity index (χ4n) is 1.44. The minimum Gasteiger partial charge on any atom is -0.506 e. The number of carbonyl (C=O) groups excluding carboxylic acids is 1. The molecule has 98 valence electrons. The lowest BCUT2D eigenvalue weighted by atomic mass is 10.2. The van der Waals surface area contributed by atoms with Crippen LogP contribution in [0.1, 0.15) is 10.4 Å². The van der Waals surface area contributed by atoms with Crippen LogP contribution >= 0.6 is 34.8 Å². The summed E-state index contributed by atoms with van der Waals surface area (Å²) in [7, 11) is 0. The van der Waals surface area contributed by atoms with Crippen LogP contribution in [0.5, 0.6) is 5.75 Å². The van der Waals surface area contributed by atoms with Crippen LogP contribution in [0.25, 0.3) is 0 Å². The summed E-state index contributed by atoms with van der Waals surface area (Å²) in [6.45, 7) is 0. The largest absolute Gasteiger partial charge is 0.506 e. The molecule has 0 atom stereocenters. The van der Waals surface area contributed by atoms with Crippen LogP contribution in [-0.2, 0) is 0 Å². The second-order valence-electron chi connectivity index (χ2n) is 3.74. The first kappa shape index (κ1) is 14.0. The van der Waals surface area contributed by atoms with Gasteiger partial charge in [-0.25, -0.2) is 0 Å². The second-order valence-corrected chi connectivity index (χ2v) is 5.00. The summed E-state index contributed by atoms with van der Waals surface area (Å²) in [6.07, 6.45) is 0. The van der Waals surface area contributed by atoms with E-state index in [1.807, 2.05) is 0 Å². The Kier molecular flexibility index (Phi) is 4.20. The van der Waals surface area contributed by atoms with E-state index in [1.54, 1.807) is 18.2 Å². The Balaban J connectivity index is 2.25. The molecule has 0 radical (unpaired) electrons. The highest BCUT2D eigenvalue weighted by Gasteiger charge is 2.10. The summed E-state index contributed by atoms with van der Waals surface area (Å²) >= 11 is 17.5. The van der Waals surface area contributed by atoms with E-state index < -0.39 is 5.91 Å². The molecule has 0 bridgehead atoms. The number of anilines is 1. The van der Waals surface area contributed by atoms with Gasteiger partial charge in [-0.15, -0.1) is 0 Å². The van der Waals surface area contributed by atoms with Gasteiger partial charge in [0.15, 0.2) is 0 Å². The number of carbonyl (C=O) groups is 1. The number of benzene rings is 2. The van der Waals surface area contributed by atoms with Gasteiger partial charge >= 0.3 is 0 Å². The topological polar surface area (TPSA) is 49.3 Å². The average Bonchev–Trinajstić information content (AvgIpc) is 2.37. The van der Waals surface area contributed by atoms with Crippen molar-refractivity contribution in [3.63, 3.8) is 0 Å². The van der Waals surface area contributed by atoms with Crippen molar-refractivity contribution in [2.24, 2.45) is 0 Å². The zero-order valence-electron chi connectivity index (χ0n) is 9.45. The van der Waals surface area contributed by atoms with Gasteiger partial charge in [0.1, 0.15) is 5.75 Å². The summed E-state index contributed by atoms with van der Waals surface area (Å²) in [4.78, 5) is 12.0. The van der Waals surface area contributed by atoms with Crippen LogP contribution in [0, 0.1) is 0 Å². The molecule has 3 nitrogen and oxygen atoms in total. The van der Waals surface area contributed by atoms with E-state index in [9.17, 15) is 9.90 Å². The zero-order chi connectivity index (χ0) is 14.0. The van der Waals surface area contributed by atoms with Gasteiger partial charge < -0.3 is 10.4 Å².